The van der Waals surface area contributed by atoms with Crippen molar-refractivity contribution in [2.75, 3.05) is 0 Å². The second-order valence-electron chi connectivity index (χ2n) is 4.53. The van der Waals surface area contributed by atoms with E-state index in [0.717, 1.165) is 18.4 Å². The molecule has 1 nitrogen and oxygen atoms in total. The van der Waals surface area contributed by atoms with Gasteiger partial charge in [-0.15, -0.1) is 0 Å². The molecule has 0 N–H and O–H groups in total. The van der Waals surface area contributed by atoms with Gasteiger partial charge in [0.05, 0.1) is 4.83 Å². The number of alkyl halides is 1. The van der Waals surface area contributed by atoms with E-state index >= 15 is 0 Å². The van der Waals surface area contributed by atoms with Crippen molar-refractivity contribution in [3.63, 3.8) is 0 Å². The molecule has 0 saturated heterocycles. The van der Waals surface area contributed by atoms with Gasteiger partial charge in [-0.2, -0.15) is 0 Å². The molecular weight excluding hydrogens is 264 g/mol. The summed E-state index contributed by atoms with van der Waals surface area (Å²) in [6, 6.07) is 7.99. The number of hydrogen-bond donors (Lipinski definition) is 0. The van der Waals surface area contributed by atoms with Crippen LogP contribution in [-0.2, 0) is 6.42 Å². The Morgan fingerprint density at radius 3 is 2.25 bits per heavy atom. The Morgan fingerprint density at radius 2 is 1.81 bits per heavy atom. The first-order valence-corrected chi connectivity index (χ1v) is 6.73. The highest BCUT2D eigenvalue weighted by Crippen LogP contribution is 2.15. The molecular formula is C14H19BrO. The average molecular weight is 283 g/mol. The summed E-state index contributed by atoms with van der Waals surface area (Å²) in [6.45, 7) is 6.40. The maximum Gasteiger partial charge on any atom is 0.176 e. The number of halogens is 1. The Labute approximate surface area is 106 Å². The fourth-order valence-electron chi connectivity index (χ4n) is 1.64. The molecule has 0 spiro atoms. The number of benzene rings is 1. The second-order valence-corrected chi connectivity index (χ2v) is 5.64. The summed E-state index contributed by atoms with van der Waals surface area (Å²) in [5, 5.41) is 0. The van der Waals surface area contributed by atoms with Crippen molar-refractivity contribution in [1.29, 1.82) is 0 Å². The summed E-state index contributed by atoms with van der Waals surface area (Å²) in [5.41, 5.74) is 2.10. The minimum absolute atomic E-state index is 0.0524. The van der Waals surface area contributed by atoms with Gasteiger partial charge in [0.2, 0.25) is 0 Å². The Kier molecular flexibility index (Phi) is 5.20. The van der Waals surface area contributed by atoms with Crippen LogP contribution >= 0.6 is 15.9 Å². The number of rotatable bonds is 5. The number of hydrogen-bond acceptors (Lipinski definition) is 1. The van der Waals surface area contributed by atoms with Crippen LogP contribution in [0.2, 0.25) is 0 Å². The number of Topliss-reactive ketones (excluding diaryl/α,β-unsaturated/α-hetero) is 1. The highest BCUT2D eigenvalue weighted by atomic mass is 79.9. The lowest BCUT2D eigenvalue weighted by Gasteiger charge is -2.08. The van der Waals surface area contributed by atoms with Gasteiger partial charge in [-0.25, -0.2) is 0 Å². The molecule has 1 atom stereocenters. The third-order valence-electron chi connectivity index (χ3n) is 2.53. The summed E-state index contributed by atoms with van der Waals surface area (Å²) in [7, 11) is 0. The lowest BCUT2D eigenvalue weighted by atomic mass is 10.00. The first-order chi connectivity index (χ1) is 7.54. The van der Waals surface area contributed by atoms with Gasteiger partial charge in [-0.3, -0.25) is 4.79 Å². The van der Waals surface area contributed by atoms with E-state index in [2.05, 4.69) is 41.9 Å². The largest absolute Gasteiger partial charge is 0.293 e. The highest BCUT2D eigenvalue weighted by Gasteiger charge is 2.14. The Balaban J connectivity index is 2.74. The molecule has 2 heteroatoms. The third kappa shape index (κ3) is 3.75. The van der Waals surface area contributed by atoms with E-state index in [-0.39, 0.29) is 10.6 Å². The van der Waals surface area contributed by atoms with Crippen molar-refractivity contribution in [1.82, 2.24) is 0 Å². The summed E-state index contributed by atoms with van der Waals surface area (Å²) in [6.07, 6.45) is 1.90. The van der Waals surface area contributed by atoms with Gasteiger partial charge in [-0.1, -0.05) is 61.0 Å². The highest BCUT2D eigenvalue weighted by molar-refractivity contribution is 9.10. The molecule has 0 saturated carbocycles. The number of carbonyl (C=O) groups is 1. The average Bonchev–Trinajstić information content (AvgIpc) is 2.27. The molecule has 0 bridgehead atoms. The van der Waals surface area contributed by atoms with Crippen molar-refractivity contribution in [3.05, 3.63) is 35.4 Å². The zero-order chi connectivity index (χ0) is 12.1. The Hall–Kier alpha value is -0.630. The molecule has 0 radical (unpaired) electrons. The normalized spacial score (nSPS) is 12.8. The quantitative estimate of drug-likeness (QED) is 0.583. The van der Waals surface area contributed by atoms with Crippen molar-refractivity contribution in [3.8, 4) is 0 Å². The van der Waals surface area contributed by atoms with Gasteiger partial charge >= 0.3 is 0 Å². The smallest absolute Gasteiger partial charge is 0.176 e. The second kappa shape index (κ2) is 6.19. The van der Waals surface area contributed by atoms with Crippen molar-refractivity contribution >= 4 is 21.7 Å². The van der Waals surface area contributed by atoms with E-state index in [4.69, 9.17) is 0 Å². The van der Waals surface area contributed by atoms with Gasteiger partial charge in [0, 0.05) is 5.56 Å². The van der Waals surface area contributed by atoms with Crippen molar-refractivity contribution in [2.45, 2.75) is 38.4 Å². The van der Waals surface area contributed by atoms with E-state index in [1.165, 1.54) is 5.56 Å². The molecule has 1 aromatic rings. The van der Waals surface area contributed by atoms with Gasteiger partial charge < -0.3 is 0 Å². The molecule has 88 valence electrons. The van der Waals surface area contributed by atoms with Crippen LogP contribution in [0, 0.1) is 5.92 Å². The van der Waals surface area contributed by atoms with Gasteiger partial charge in [0.15, 0.2) is 5.78 Å². The molecule has 1 aromatic carbocycles. The molecule has 0 aliphatic rings. The van der Waals surface area contributed by atoms with Crippen molar-refractivity contribution in [2.24, 2.45) is 5.92 Å². The first-order valence-electron chi connectivity index (χ1n) is 5.81. The van der Waals surface area contributed by atoms with Crippen molar-refractivity contribution < 1.29 is 4.79 Å². The lowest BCUT2D eigenvalue weighted by molar-refractivity contribution is 0.0990. The van der Waals surface area contributed by atoms with Crippen LogP contribution in [0.25, 0.3) is 0 Å². The lowest BCUT2D eigenvalue weighted by Crippen LogP contribution is -2.12. The summed E-state index contributed by atoms with van der Waals surface area (Å²) in [4.78, 5) is 11.8. The van der Waals surface area contributed by atoms with E-state index < -0.39 is 0 Å². The zero-order valence-corrected chi connectivity index (χ0v) is 11.8. The first kappa shape index (κ1) is 13.4. The van der Waals surface area contributed by atoms with Crippen LogP contribution in [-0.4, -0.2) is 10.6 Å². The molecule has 0 aliphatic heterocycles. The van der Waals surface area contributed by atoms with Crippen LogP contribution in [0.4, 0.5) is 0 Å². The Bertz CT molecular complexity index is 340. The van der Waals surface area contributed by atoms with E-state index in [0.29, 0.717) is 5.92 Å². The molecule has 0 fully saturated rings. The minimum atomic E-state index is -0.0524. The predicted molar refractivity (Wildman–Crippen MR) is 72.3 cm³/mol. The van der Waals surface area contributed by atoms with E-state index in [9.17, 15) is 4.79 Å². The zero-order valence-electron chi connectivity index (χ0n) is 10.2. The monoisotopic (exact) mass is 282 g/mol. The van der Waals surface area contributed by atoms with Crippen LogP contribution < -0.4 is 0 Å². The van der Waals surface area contributed by atoms with Gasteiger partial charge in [-0.05, 0) is 24.3 Å². The number of carbonyl (C=O) groups excluding carboxylic acids is 1. The molecule has 0 aliphatic carbocycles. The Morgan fingerprint density at radius 1 is 1.25 bits per heavy atom. The SMILES string of the molecule is CCC(Br)C(=O)c1ccc(CC(C)C)cc1. The topological polar surface area (TPSA) is 17.1 Å². The van der Waals surface area contributed by atoms with E-state index in [1.807, 2.05) is 19.1 Å². The summed E-state index contributed by atoms with van der Waals surface area (Å²) < 4.78 is 0. The molecule has 0 amide bonds. The standard InChI is InChI=1S/C14H19BrO/c1-4-13(15)14(16)12-7-5-11(6-8-12)9-10(2)3/h5-8,10,13H,4,9H2,1-3H3. The molecule has 16 heavy (non-hydrogen) atoms. The fourth-order valence-corrected chi connectivity index (χ4v) is 1.91. The summed E-state index contributed by atoms with van der Waals surface area (Å²) >= 11 is 3.39. The van der Waals surface area contributed by atoms with E-state index in [1.54, 1.807) is 0 Å². The van der Waals surface area contributed by atoms with Gasteiger partial charge in [0.1, 0.15) is 0 Å². The fraction of sp³-hybridized carbons (Fsp3) is 0.500. The molecule has 1 unspecified atom stereocenters. The number of ketones is 1. The molecule has 0 heterocycles. The molecule has 1 rings (SSSR count). The van der Waals surface area contributed by atoms with Gasteiger partial charge in [0.25, 0.3) is 0 Å². The maximum absolute atomic E-state index is 11.9. The van der Waals surface area contributed by atoms with Crippen LogP contribution in [0.1, 0.15) is 43.1 Å². The predicted octanol–water partition coefficient (Wildman–Crippen LogP) is 4.24. The van der Waals surface area contributed by atoms with Crippen LogP contribution in [0.3, 0.4) is 0 Å². The third-order valence-corrected chi connectivity index (χ3v) is 3.59. The molecule has 0 aromatic heterocycles. The summed E-state index contributed by atoms with van der Waals surface area (Å²) in [5.74, 6) is 0.833. The maximum atomic E-state index is 11.9. The van der Waals surface area contributed by atoms with Crippen LogP contribution in [0.5, 0.6) is 0 Å². The minimum Gasteiger partial charge on any atom is -0.293 e. The van der Waals surface area contributed by atoms with Crippen LogP contribution in [0.15, 0.2) is 24.3 Å².